The molecule has 0 spiro atoms. The molecule has 0 aliphatic carbocycles. The van der Waals surface area contributed by atoms with Gasteiger partial charge in [-0.2, -0.15) is 0 Å². The standard InChI is InChI=1S/C8H12N2O/c1-4-5-6-10-7(2)8(11)9-3/h4-6H,2H2,1,3H3,(H,9,11)/b5-4-,10-6?. The van der Waals surface area contributed by atoms with Crippen LogP contribution in [0.4, 0.5) is 0 Å². The van der Waals surface area contributed by atoms with E-state index in [1.165, 1.54) is 6.21 Å². The van der Waals surface area contributed by atoms with Crippen LogP contribution in [0.25, 0.3) is 0 Å². The minimum absolute atomic E-state index is 0.214. The van der Waals surface area contributed by atoms with Gasteiger partial charge in [0.25, 0.3) is 5.91 Å². The third kappa shape index (κ3) is 4.08. The molecule has 0 aromatic rings. The Balaban J connectivity index is 3.97. The predicted octanol–water partition coefficient (Wildman–Crippen LogP) is 0.893. The second-order valence-corrected chi connectivity index (χ2v) is 1.83. The van der Waals surface area contributed by atoms with Crippen LogP contribution < -0.4 is 5.32 Å². The van der Waals surface area contributed by atoms with Gasteiger partial charge in [0.05, 0.1) is 0 Å². The minimum Gasteiger partial charge on any atom is -0.354 e. The lowest BCUT2D eigenvalue weighted by atomic mass is 10.4. The predicted molar refractivity (Wildman–Crippen MR) is 46.5 cm³/mol. The van der Waals surface area contributed by atoms with E-state index in [-0.39, 0.29) is 11.6 Å². The molecule has 1 amide bonds. The maximum Gasteiger partial charge on any atom is 0.268 e. The number of aliphatic imine (C=N–C) groups is 1. The van der Waals surface area contributed by atoms with Gasteiger partial charge in [-0.05, 0) is 13.0 Å². The van der Waals surface area contributed by atoms with Crippen molar-refractivity contribution in [2.45, 2.75) is 6.92 Å². The molecule has 11 heavy (non-hydrogen) atoms. The van der Waals surface area contributed by atoms with Crippen molar-refractivity contribution in [3.05, 3.63) is 24.4 Å². The SMILES string of the molecule is C=C(N=C/C=C\C)C(=O)NC. The fraction of sp³-hybridized carbons (Fsp3) is 0.250. The molecule has 1 N–H and O–H groups in total. The number of amides is 1. The highest BCUT2D eigenvalue weighted by molar-refractivity contribution is 5.94. The molecule has 0 saturated heterocycles. The summed E-state index contributed by atoms with van der Waals surface area (Å²) in [6.07, 6.45) is 5.08. The molecule has 0 aliphatic heterocycles. The molecule has 0 heterocycles. The van der Waals surface area contributed by atoms with Gasteiger partial charge in [0, 0.05) is 13.3 Å². The lowest BCUT2D eigenvalue weighted by Crippen LogP contribution is -2.18. The fourth-order valence-corrected chi connectivity index (χ4v) is 0.422. The van der Waals surface area contributed by atoms with Gasteiger partial charge in [-0.3, -0.25) is 9.79 Å². The Labute approximate surface area is 66.5 Å². The second-order valence-electron chi connectivity index (χ2n) is 1.83. The maximum absolute atomic E-state index is 10.8. The van der Waals surface area contributed by atoms with Crippen molar-refractivity contribution in [2.75, 3.05) is 7.05 Å². The Morgan fingerprint density at radius 2 is 2.27 bits per heavy atom. The quantitative estimate of drug-likeness (QED) is 0.473. The van der Waals surface area contributed by atoms with Crippen LogP contribution in [0.1, 0.15) is 6.92 Å². The summed E-state index contributed by atoms with van der Waals surface area (Å²) in [6, 6.07) is 0. The third-order valence-electron chi connectivity index (χ3n) is 0.998. The summed E-state index contributed by atoms with van der Waals surface area (Å²) in [4.78, 5) is 14.5. The van der Waals surface area contributed by atoms with E-state index < -0.39 is 0 Å². The topological polar surface area (TPSA) is 41.5 Å². The van der Waals surface area contributed by atoms with Gasteiger partial charge in [0.2, 0.25) is 0 Å². The Kier molecular flexibility index (Phi) is 4.73. The largest absolute Gasteiger partial charge is 0.354 e. The van der Waals surface area contributed by atoms with Crippen LogP contribution in [-0.2, 0) is 4.79 Å². The summed E-state index contributed by atoms with van der Waals surface area (Å²) >= 11 is 0. The second kappa shape index (κ2) is 5.41. The summed E-state index contributed by atoms with van der Waals surface area (Å²) in [6.45, 7) is 5.32. The molecule has 0 aliphatic rings. The molecule has 3 nitrogen and oxygen atoms in total. The smallest absolute Gasteiger partial charge is 0.268 e. The minimum atomic E-state index is -0.259. The first-order chi connectivity index (χ1) is 5.22. The van der Waals surface area contributed by atoms with E-state index in [1.54, 1.807) is 13.1 Å². The zero-order valence-corrected chi connectivity index (χ0v) is 6.79. The fourth-order valence-electron chi connectivity index (χ4n) is 0.422. The summed E-state index contributed by atoms with van der Waals surface area (Å²) < 4.78 is 0. The van der Waals surface area contributed by atoms with Crippen molar-refractivity contribution >= 4 is 12.1 Å². The zero-order valence-electron chi connectivity index (χ0n) is 6.79. The van der Waals surface area contributed by atoms with Crippen LogP contribution in [0.5, 0.6) is 0 Å². The molecule has 0 saturated carbocycles. The van der Waals surface area contributed by atoms with Crippen molar-refractivity contribution in [3.63, 3.8) is 0 Å². The van der Waals surface area contributed by atoms with Crippen molar-refractivity contribution in [1.82, 2.24) is 5.32 Å². The molecule has 0 radical (unpaired) electrons. The molecule has 0 bridgehead atoms. The molecule has 0 aromatic carbocycles. The number of hydrogen-bond donors (Lipinski definition) is 1. The van der Waals surface area contributed by atoms with Gasteiger partial charge < -0.3 is 5.32 Å². The molecule has 0 unspecified atom stereocenters. The number of carbonyl (C=O) groups excluding carboxylic acids is 1. The molecular weight excluding hydrogens is 140 g/mol. The number of hydrogen-bond acceptors (Lipinski definition) is 2. The molecule has 0 fully saturated rings. The number of rotatable bonds is 3. The molecule has 0 atom stereocenters. The summed E-state index contributed by atoms with van der Waals surface area (Å²) in [5.74, 6) is -0.259. The first-order valence-electron chi connectivity index (χ1n) is 3.28. The number of carbonyl (C=O) groups is 1. The van der Waals surface area contributed by atoms with E-state index in [2.05, 4.69) is 16.9 Å². The van der Waals surface area contributed by atoms with Gasteiger partial charge in [-0.1, -0.05) is 12.7 Å². The summed E-state index contributed by atoms with van der Waals surface area (Å²) in [5.41, 5.74) is 0.214. The van der Waals surface area contributed by atoms with Crippen LogP contribution >= 0.6 is 0 Å². The van der Waals surface area contributed by atoms with Crippen LogP contribution in [-0.4, -0.2) is 19.2 Å². The Morgan fingerprint density at radius 1 is 1.64 bits per heavy atom. The van der Waals surface area contributed by atoms with Gasteiger partial charge in [-0.25, -0.2) is 0 Å². The highest BCUT2D eigenvalue weighted by atomic mass is 16.1. The van der Waals surface area contributed by atoms with E-state index >= 15 is 0 Å². The van der Waals surface area contributed by atoms with Gasteiger partial charge in [0.1, 0.15) is 5.70 Å². The monoisotopic (exact) mass is 152 g/mol. The Morgan fingerprint density at radius 3 is 2.73 bits per heavy atom. The number of nitrogens with one attached hydrogen (secondary N) is 1. The van der Waals surface area contributed by atoms with E-state index in [0.717, 1.165) is 0 Å². The van der Waals surface area contributed by atoms with Crippen molar-refractivity contribution in [3.8, 4) is 0 Å². The van der Waals surface area contributed by atoms with E-state index in [0.29, 0.717) is 0 Å². The Bertz CT molecular complexity index is 204. The molecule has 0 rings (SSSR count). The lowest BCUT2D eigenvalue weighted by Gasteiger charge is -1.94. The lowest BCUT2D eigenvalue weighted by molar-refractivity contribution is -0.117. The normalized spacial score (nSPS) is 10.7. The first kappa shape index (κ1) is 9.62. The van der Waals surface area contributed by atoms with Crippen LogP contribution in [0.3, 0.4) is 0 Å². The van der Waals surface area contributed by atoms with E-state index in [4.69, 9.17) is 0 Å². The summed E-state index contributed by atoms with van der Waals surface area (Å²) in [5, 5.41) is 2.42. The number of likely N-dealkylation sites (N-methyl/N-ethyl adjacent to an activating group) is 1. The van der Waals surface area contributed by atoms with Gasteiger partial charge in [0.15, 0.2) is 0 Å². The highest BCUT2D eigenvalue weighted by Crippen LogP contribution is 1.89. The molecular formula is C8H12N2O. The maximum atomic E-state index is 10.8. The zero-order chi connectivity index (χ0) is 8.69. The van der Waals surface area contributed by atoms with Crippen LogP contribution in [0, 0.1) is 0 Å². The van der Waals surface area contributed by atoms with Crippen LogP contribution in [0.15, 0.2) is 29.4 Å². The average Bonchev–Trinajstić information content (AvgIpc) is 2.03. The highest BCUT2D eigenvalue weighted by Gasteiger charge is 1.98. The third-order valence-corrected chi connectivity index (χ3v) is 0.998. The van der Waals surface area contributed by atoms with Crippen molar-refractivity contribution in [2.24, 2.45) is 4.99 Å². The van der Waals surface area contributed by atoms with E-state index in [9.17, 15) is 4.79 Å². The van der Waals surface area contributed by atoms with Crippen molar-refractivity contribution < 1.29 is 4.79 Å². The summed E-state index contributed by atoms with van der Waals surface area (Å²) in [7, 11) is 1.54. The van der Waals surface area contributed by atoms with Crippen molar-refractivity contribution in [1.29, 1.82) is 0 Å². The number of nitrogens with zero attached hydrogens (tertiary/aromatic N) is 1. The van der Waals surface area contributed by atoms with Gasteiger partial charge in [-0.15, -0.1) is 0 Å². The molecule has 3 heteroatoms. The van der Waals surface area contributed by atoms with Crippen LogP contribution in [0.2, 0.25) is 0 Å². The average molecular weight is 152 g/mol. The molecule has 0 aromatic heterocycles. The number of allylic oxidation sites excluding steroid dienone is 2. The first-order valence-corrected chi connectivity index (χ1v) is 3.28. The van der Waals surface area contributed by atoms with Gasteiger partial charge >= 0.3 is 0 Å². The Hall–Kier alpha value is -1.38. The van der Waals surface area contributed by atoms with E-state index in [1.807, 2.05) is 13.0 Å². The molecule has 60 valence electrons.